The van der Waals surface area contributed by atoms with Crippen molar-refractivity contribution < 1.29 is 14.3 Å². The fourth-order valence-corrected chi connectivity index (χ4v) is 4.12. The molecule has 1 N–H and O–H groups in total. The van der Waals surface area contributed by atoms with Crippen molar-refractivity contribution in [2.45, 2.75) is 12.0 Å². The van der Waals surface area contributed by atoms with Gasteiger partial charge in [-0.2, -0.15) is 0 Å². The molecular weight excluding hydrogens is 340 g/mol. The number of methoxy groups -OCH3 is 1. The van der Waals surface area contributed by atoms with Crippen LogP contribution in [-0.4, -0.2) is 18.1 Å². The molecule has 5 nitrogen and oxygen atoms in total. The Balaban J connectivity index is 1.73. The first-order valence-electron chi connectivity index (χ1n) is 8.93. The van der Waals surface area contributed by atoms with Gasteiger partial charge in [0.05, 0.1) is 30.5 Å². The average molecular weight is 358 g/mol. The molecule has 27 heavy (non-hydrogen) atoms. The Labute approximate surface area is 157 Å². The normalized spacial score (nSPS) is 22.6. The van der Waals surface area contributed by atoms with Crippen molar-refractivity contribution in [2.24, 2.45) is 5.92 Å². The van der Waals surface area contributed by atoms with Crippen LogP contribution in [0.15, 0.2) is 66.7 Å². The van der Waals surface area contributed by atoms with Crippen molar-refractivity contribution in [3.05, 3.63) is 83.6 Å². The Morgan fingerprint density at radius 1 is 1.00 bits per heavy atom. The molecule has 0 radical (unpaired) electrons. The van der Waals surface area contributed by atoms with Crippen LogP contribution in [0.3, 0.4) is 0 Å². The molecule has 0 saturated carbocycles. The number of benzene rings is 2. The van der Waals surface area contributed by atoms with Crippen LogP contribution in [0.25, 0.3) is 0 Å². The monoisotopic (exact) mass is 358 g/mol. The third-order valence-electron chi connectivity index (χ3n) is 5.33. The summed E-state index contributed by atoms with van der Waals surface area (Å²) in [6.07, 6.45) is 0. The van der Waals surface area contributed by atoms with Crippen LogP contribution in [0.2, 0.25) is 0 Å². The van der Waals surface area contributed by atoms with E-state index in [1.165, 1.54) is 0 Å². The van der Waals surface area contributed by atoms with Gasteiger partial charge in [0.15, 0.2) is 0 Å². The summed E-state index contributed by atoms with van der Waals surface area (Å²) >= 11 is 0. The third kappa shape index (κ3) is 2.46. The lowest BCUT2D eigenvalue weighted by atomic mass is 9.73. The van der Waals surface area contributed by atoms with Crippen LogP contribution in [0.5, 0.6) is 11.6 Å². The second kappa shape index (κ2) is 6.13. The lowest BCUT2D eigenvalue weighted by Gasteiger charge is -2.41. The Morgan fingerprint density at radius 3 is 2.59 bits per heavy atom. The van der Waals surface area contributed by atoms with Crippen molar-refractivity contribution in [3.63, 3.8) is 0 Å². The molecule has 3 aromatic rings. The molecule has 2 aromatic carbocycles. The predicted molar refractivity (Wildman–Crippen MR) is 101 cm³/mol. The standard InChI is InChI=1S/C22H18N2O3/c1-26-17-12-11-15-21(24-17)18(13-7-3-2-4-8-13)19-20(23-15)14-9-5-6-10-16(14)27-22(19)25/h2-12,18-20,23H,1H3/t18-,19-,20+/m0/s1. The summed E-state index contributed by atoms with van der Waals surface area (Å²) in [6, 6.07) is 21.3. The van der Waals surface area contributed by atoms with E-state index in [0.29, 0.717) is 11.6 Å². The number of ether oxygens (including phenoxy) is 2. The summed E-state index contributed by atoms with van der Waals surface area (Å²) in [4.78, 5) is 17.7. The number of hydrogen-bond acceptors (Lipinski definition) is 5. The van der Waals surface area contributed by atoms with Gasteiger partial charge in [-0.25, -0.2) is 4.98 Å². The zero-order valence-corrected chi connectivity index (χ0v) is 14.8. The summed E-state index contributed by atoms with van der Waals surface area (Å²) < 4.78 is 11.0. The maximum atomic E-state index is 13.0. The van der Waals surface area contributed by atoms with Crippen LogP contribution in [0.4, 0.5) is 5.69 Å². The molecule has 2 aliphatic heterocycles. The first-order chi connectivity index (χ1) is 13.3. The highest BCUT2D eigenvalue weighted by Crippen LogP contribution is 2.51. The molecule has 0 amide bonds. The second-order valence-corrected chi connectivity index (χ2v) is 6.78. The molecule has 0 spiro atoms. The minimum Gasteiger partial charge on any atom is -0.481 e. The number of carbonyl (C=O) groups excluding carboxylic acids is 1. The summed E-state index contributed by atoms with van der Waals surface area (Å²) in [5, 5.41) is 3.52. The van der Waals surface area contributed by atoms with Gasteiger partial charge >= 0.3 is 5.97 Å². The molecule has 5 heteroatoms. The molecule has 1 aromatic heterocycles. The molecule has 0 saturated heterocycles. The fourth-order valence-electron chi connectivity index (χ4n) is 4.12. The van der Waals surface area contributed by atoms with E-state index in [-0.39, 0.29) is 17.9 Å². The van der Waals surface area contributed by atoms with Crippen molar-refractivity contribution in [1.29, 1.82) is 0 Å². The zero-order chi connectivity index (χ0) is 18.4. The summed E-state index contributed by atoms with van der Waals surface area (Å²) in [5.41, 5.74) is 3.74. The Morgan fingerprint density at radius 2 is 1.78 bits per heavy atom. The number of aromatic nitrogens is 1. The molecular formula is C22H18N2O3. The van der Waals surface area contributed by atoms with Gasteiger partial charge < -0.3 is 14.8 Å². The number of nitrogens with one attached hydrogen (secondary N) is 1. The van der Waals surface area contributed by atoms with E-state index < -0.39 is 5.92 Å². The smallest absolute Gasteiger partial charge is 0.317 e. The number of hydrogen-bond donors (Lipinski definition) is 1. The predicted octanol–water partition coefficient (Wildman–Crippen LogP) is 3.92. The number of nitrogens with zero attached hydrogens (tertiary/aromatic N) is 1. The maximum Gasteiger partial charge on any atom is 0.317 e. The van der Waals surface area contributed by atoms with Gasteiger partial charge in [-0.05, 0) is 17.7 Å². The highest BCUT2D eigenvalue weighted by Gasteiger charge is 2.48. The fraction of sp³-hybridized carbons (Fsp3) is 0.182. The van der Waals surface area contributed by atoms with Crippen LogP contribution in [0, 0.1) is 5.92 Å². The SMILES string of the molecule is COc1ccc2c(n1)[C@@H](c1ccccc1)[C@@H]1C(=O)Oc3ccccc3[C@H]1N2. The Bertz CT molecular complexity index is 1020. The van der Waals surface area contributed by atoms with Gasteiger partial charge in [0.2, 0.25) is 5.88 Å². The minimum atomic E-state index is -0.408. The summed E-state index contributed by atoms with van der Waals surface area (Å²) in [6.45, 7) is 0. The number of pyridine rings is 1. The van der Waals surface area contributed by atoms with Crippen LogP contribution >= 0.6 is 0 Å². The molecule has 0 bridgehead atoms. The number of rotatable bonds is 2. The Hall–Kier alpha value is -3.34. The number of anilines is 1. The molecule has 3 atom stereocenters. The van der Waals surface area contributed by atoms with Crippen molar-refractivity contribution in [3.8, 4) is 11.6 Å². The molecule has 0 unspecified atom stereocenters. The quantitative estimate of drug-likeness (QED) is 0.556. The highest BCUT2D eigenvalue weighted by molar-refractivity contribution is 5.83. The van der Waals surface area contributed by atoms with E-state index in [1.807, 2.05) is 66.7 Å². The van der Waals surface area contributed by atoms with Gasteiger partial charge in [0, 0.05) is 17.5 Å². The van der Waals surface area contributed by atoms with Gasteiger partial charge in [-0.15, -0.1) is 0 Å². The summed E-state index contributed by atoms with van der Waals surface area (Å²) in [5.74, 6) is 0.278. The van der Waals surface area contributed by atoms with Crippen molar-refractivity contribution in [2.75, 3.05) is 12.4 Å². The maximum absolute atomic E-state index is 13.0. The molecule has 2 aliphatic rings. The zero-order valence-electron chi connectivity index (χ0n) is 14.8. The van der Waals surface area contributed by atoms with Gasteiger partial charge in [-0.1, -0.05) is 48.5 Å². The largest absolute Gasteiger partial charge is 0.481 e. The lowest BCUT2D eigenvalue weighted by molar-refractivity contribution is -0.141. The average Bonchev–Trinajstić information content (AvgIpc) is 2.72. The number of para-hydroxylation sites is 1. The minimum absolute atomic E-state index is 0.171. The van der Waals surface area contributed by atoms with Crippen molar-refractivity contribution in [1.82, 2.24) is 4.98 Å². The van der Waals surface area contributed by atoms with Crippen LogP contribution < -0.4 is 14.8 Å². The third-order valence-corrected chi connectivity index (χ3v) is 5.33. The first-order valence-corrected chi connectivity index (χ1v) is 8.93. The molecule has 134 valence electrons. The van der Waals surface area contributed by atoms with E-state index >= 15 is 0 Å². The first kappa shape index (κ1) is 15.9. The molecule has 3 heterocycles. The van der Waals surface area contributed by atoms with E-state index in [2.05, 4.69) is 10.3 Å². The number of fused-ring (bicyclic) bond motifs is 4. The van der Waals surface area contributed by atoms with Gasteiger partial charge in [0.1, 0.15) is 5.75 Å². The molecule has 5 rings (SSSR count). The van der Waals surface area contributed by atoms with E-state index in [0.717, 1.165) is 22.5 Å². The molecule has 0 fully saturated rings. The van der Waals surface area contributed by atoms with Gasteiger partial charge in [-0.3, -0.25) is 4.79 Å². The van der Waals surface area contributed by atoms with Crippen LogP contribution in [-0.2, 0) is 4.79 Å². The molecule has 0 aliphatic carbocycles. The van der Waals surface area contributed by atoms with E-state index in [9.17, 15) is 4.79 Å². The van der Waals surface area contributed by atoms with Crippen molar-refractivity contribution >= 4 is 11.7 Å². The van der Waals surface area contributed by atoms with E-state index in [4.69, 9.17) is 9.47 Å². The Kier molecular flexibility index (Phi) is 3.60. The number of esters is 1. The second-order valence-electron chi connectivity index (χ2n) is 6.78. The summed E-state index contributed by atoms with van der Waals surface area (Å²) in [7, 11) is 1.59. The topological polar surface area (TPSA) is 60.5 Å². The number of carbonyl (C=O) groups is 1. The van der Waals surface area contributed by atoms with E-state index in [1.54, 1.807) is 7.11 Å². The van der Waals surface area contributed by atoms with Gasteiger partial charge in [0.25, 0.3) is 0 Å². The van der Waals surface area contributed by atoms with Crippen LogP contribution in [0.1, 0.15) is 28.8 Å². The highest BCUT2D eigenvalue weighted by atomic mass is 16.5. The lowest BCUT2D eigenvalue weighted by Crippen LogP contribution is -2.42.